The molecule has 28 heavy (non-hydrogen) atoms. The Hall–Kier alpha value is -3.86. The first-order chi connectivity index (χ1) is 13.5. The molecule has 0 spiro atoms. The Kier molecular flexibility index (Phi) is 7.11. The van der Waals surface area contributed by atoms with Crippen LogP contribution in [0.15, 0.2) is 48.0 Å². The molecule has 0 heterocycles. The van der Waals surface area contributed by atoms with Crippen molar-refractivity contribution >= 4 is 17.7 Å². The summed E-state index contributed by atoms with van der Waals surface area (Å²) in [5.41, 5.74) is 1.21. The Morgan fingerprint density at radius 3 is 2.50 bits per heavy atom. The van der Waals surface area contributed by atoms with E-state index in [0.717, 1.165) is 5.56 Å². The molecule has 0 amide bonds. The van der Waals surface area contributed by atoms with Crippen molar-refractivity contribution in [2.75, 3.05) is 13.7 Å². The summed E-state index contributed by atoms with van der Waals surface area (Å²) in [6.07, 6.45) is 1.40. The molecule has 0 aromatic heterocycles. The Labute approximate surface area is 161 Å². The maximum atomic E-state index is 11.7. The number of nitriles is 1. The van der Waals surface area contributed by atoms with Gasteiger partial charge in [-0.15, -0.1) is 0 Å². The molecule has 2 rings (SSSR count). The lowest BCUT2D eigenvalue weighted by Gasteiger charge is -2.11. The minimum atomic E-state index is -0.692. The van der Waals surface area contributed by atoms with Crippen molar-refractivity contribution in [3.05, 3.63) is 69.3 Å². The fourth-order valence-corrected chi connectivity index (χ4v) is 2.28. The number of benzene rings is 2. The molecule has 0 bridgehead atoms. The lowest BCUT2D eigenvalue weighted by molar-refractivity contribution is -0.384. The molecule has 0 saturated heterocycles. The Bertz CT molecular complexity index is 929. The lowest BCUT2D eigenvalue weighted by atomic mass is 10.1. The van der Waals surface area contributed by atoms with E-state index in [2.05, 4.69) is 0 Å². The number of methoxy groups -OCH3 is 1. The van der Waals surface area contributed by atoms with Gasteiger partial charge < -0.3 is 14.2 Å². The Morgan fingerprint density at radius 2 is 1.93 bits per heavy atom. The first-order valence-corrected chi connectivity index (χ1v) is 8.31. The van der Waals surface area contributed by atoms with Crippen LogP contribution >= 0.6 is 0 Å². The summed E-state index contributed by atoms with van der Waals surface area (Å²) in [5.74, 6) is 0.173. The minimum Gasteiger partial charge on any atom is -0.493 e. The first kappa shape index (κ1) is 20.5. The highest BCUT2D eigenvalue weighted by molar-refractivity contribution is 5.97. The Balaban J connectivity index is 2.15. The number of hydrogen-bond donors (Lipinski definition) is 0. The molecule has 8 nitrogen and oxygen atoms in total. The van der Waals surface area contributed by atoms with Crippen LogP contribution in [0.5, 0.6) is 11.5 Å². The smallest absolute Gasteiger partial charge is 0.348 e. The number of non-ortho nitro benzene ring substituents is 1. The second-order valence-electron chi connectivity index (χ2n) is 5.51. The molecule has 0 radical (unpaired) electrons. The average Bonchev–Trinajstić information content (AvgIpc) is 2.71. The zero-order chi connectivity index (χ0) is 20.5. The van der Waals surface area contributed by atoms with E-state index in [1.165, 1.54) is 25.3 Å². The maximum Gasteiger partial charge on any atom is 0.348 e. The van der Waals surface area contributed by atoms with Crippen molar-refractivity contribution in [2.24, 2.45) is 0 Å². The molecule has 0 aliphatic heterocycles. The van der Waals surface area contributed by atoms with Crippen molar-refractivity contribution in [1.82, 2.24) is 0 Å². The molecule has 8 heteroatoms. The van der Waals surface area contributed by atoms with Crippen LogP contribution in [-0.2, 0) is 16.1 Å². The summed E-state index contributed by atoms with van der Waals surface area (Å²) in [6.45, 7) is 2.03. The number of carbonyl (C=O) groups is 1. The predicted octanol–water partition coefficient (Wildman–Crippen LogP) is 3.65. The highest BCUT2D eigenvalue weighted by atomic mass is 16.6. The quantitative estimate of drug-likeness (QED) is 0.225. The van der Waals surface area contributed by atoms with Crippen LogP contribution in [0.25, 0.3) is 6.08 Å². The summed E-state index contributed by atoms with van der Waals surface area (Å²) in [6, 6.07) is 12.8. The third-order valence-electron chi connectivity index (χ3n) is 3.66. The van der Waals surface area contributed by atoms with Crippen molar-refractivity contribution in [1.29, 1.82) is 5.26 Å². The van der Waals surface area contributed by atoms with Crippen LogP contribution in [0.4, 0.5) is 5.69 Å². The molecular weight excluding hydrogens is 364 g/mol. The third-order valence-corrected chi connectivity index (χ3v) is 3.66. The molecule has 0 N–H and O–H groups in total. The molecule has 0 fully saturated rings. The normalized spacial score (nSPS) is 10.7. The summed E-state index contributed by atoms with van der Waals surface area (Å²) >= 11 is 0. The zero-order valence-electron chi connectivity index (χ0n) is 15.4. The van der Waals surface area contributed by atoms with E-state index in [0.29, 0.717) is 17.1 Å². The number of nitro benzene ring substituents is 1. The van der Waals surface area contributed by atoms with E-state index in [9.17, 15) is 14.9 Å². The number of esters is 1. The van der Waals surface area contributed by atoms with Gasteiger partial charge in [0.15, 0.2) is 11.5 Å². The van der Waals surface area contributed by atoms with Gasteiger partial charge >= 0.3 is 5.97 Å². The van der Waals surface area contributed by atoms with Crippen molar-refractivity contribution in [3.8, 4) is 17.6 Å². The van der Waals surface area contributed by atoms with E-state index >= 15 is 0 Å². The fourth-order valence-electron chi connectivity index (χ4n) is 2.28. The van der Waals surface area contributed by atoms with Crippen molar-refractivity contribution in [2.45, 2.75) is 13.5 Å². The van der Waals surface area contributed by atoms with E-state index < -0.39 is 10.9 Å². The largest absolute Gasteiger partial charge is 0.493 e. The molecule has 2 aromatic rings. The SMILES string of the molecule is CCOC(=O)C(C#N)=Cc1ccc(OCc2ccc([N+](=O)[O-])cc2)c(OC)c1. The van der Waals surface area contributed by atoms with Gasteiger partial charge in [0.1, 0.15) is 18.2 Å². The fraction of sp³-hybridized carbons (Fsp3) is 0.200. The maximum absolute atomic E-state index is 11.7. The molecule has 0 aliphatic rings. The van der Waals surface area contributed by atoms with Gasteiger partial charge in [-0.2, -0.15) is 5.26 Å². The van der Waals surface area contributed by atoms with Gasteiger partial charge in [-0.05, 0) is 48.4 Å². The second-order valence-corrected chi connectivity index (χ2v) is 5.51. The van der Waals surface area contributed by atoms with Crippen LogP contribution in [0.3, 0.4) is 0 Å². The van der Waals surface area contributed by atoms with Crippen molar-refractivity contribution < 1.29 is 23.9 Å². The standard InChI is InChI=1S/C20H18N2O6/c1-3-27-20(23)16(12-21)10-15-6-9-18(19(11-15)26-2)28-13-14-4-7-17(8-5-14)22(24)25/h4-11H,3,13H2,1-2H3. The number of nitro groups is 1. The zero-order valence-corrected chi connectivity index (χ0v) is 15.4. The van der Waals surface area contributed by atoms with Gasteiger partial charge in [0.25, 0.3) is 5.69 Å². The molecular formula is C20H18N2O6. The van der Waals surface area contributed by atoms with E-state index in [4.69, 9.17) is 19.5 Å². The third kappa shape index (κ3) is 5.32. The summed E-state index contributed by atoms with van der Waals surface area (Å²) in [4.78, 5) is 21.9. The topological polar surface area (TPSA) is 112 Å². The van der Waals surface area contributed by atoms with Crippen LogP contribution in [0, 0.1) is 21.4 Å². The number of nitrogens with zero attached hydrogens (tertiary/aromatic N) is 2. The van der Waals surface area contributed by atoms with E-state index in [-0.39, 0.29) is 24.5 Å². The van der Waals surface area contributed by atoms with Gasteiger partial charge in [0, 0.05) is 12.1 Å². The van der Waals surface area contributed by atoms with Crippen LogP contribution in [-0.4, -0.2) is 24.6 Å². The highest BCUT2D eigenvalue weighted by Gasteiger charge is 2.12. The van der Waals surface area contributed by atoms with Gasteiger partial charge in [-0.25, -0.2) is 4.79 Å². The van der Waals surface area contributed by atoms with E-state index in [1.807, 2.05) is 6.07 Å². The molecule has 2 aromatic carbocycles. The van der Waals surface area contributed by atoms with Crippen molar-refractivity contribution in [3.63, 3.8) is 0 Å². The van der Waals surface area contributed by atoms with Crippen LogP contribution < -0.4 is 9.47 Å². The molecule has 0 aliphatic carbocycles. The average molecular weight is 382 g/mol. The van der Waals surface area contributed by atoms with Crippen LogP contribution in [0.2, 0.25) is 0 Å². The highest BCUT2D eigenvalue weighted by Crippen LogP contribution is 2.30. The van der Waals surface area contributed by atoms with E-state index in [1.54, 1.807) is 37.3 Å². The van der Waals surface area contributed by atoms with Gasteiger partial charge in [0.05, 0.1) is 18.6 Å². The minimum absolute atomic E-state index is 0.00682. The van der Waals surface area contributed by atoms with Gasteiger partial charge in [-0.3, -0.25) is 10.1 Å². The predicted molar refractivity (Wildman–Crippen MR) is 101 cm³/mol. The number of ether oxygens (including phenoxy) is 3. The molecule has 0 atom stereocenters. The summed E-state index contributed by atoms with van der Waals surface area (Å²) < 4.78 is 15.9. The second kappa shape index (κ2) is 9.73. The summed E-state index contributed by atoms with van der Waals surface area (Å²) in [7, 11) is 1.47. The monoisotopic (exact) mass is 382 g/mol. The first-order valence-electron chi connectivity index (χ1n) is 8.31. The van der Waals surface area contributed by atoms with Crippen LogP contribution in [0.1, 0.15) is 18.1 Å². The Morgan fingerprint density at radius 1 is 1.21 bits per heavy atom. The lowest BCUT2D eigenvalue weighted by Crippen LogP contribution is -2.06. The van der Waals surface area contributed by atoms with Gasteiger partial charge in [-0.1, -0.05) is 6.07 Å². The number of rotatable bonds is 8. The number of hydrogen-bond acceptors (Lipinski definition) is 7. The molecule has 144 valence electrons. The van der Waals surface area contributed by atoms with Gasteiger partial charge in [0.2, 0.25) is 0 Å². The number of carbonyl (C=O) groups excluding carboxylic acids is 1. The molecule has 0 unspecified atom stereocenters. The molecule has 0 saturated carbocycles. The summed E-state index contributed by atoms with van der Waals surface area (Å²) in [5, 5.41) is 19.8.